The van der Waals surface area contributed by atoms with Gasteiger partial charge in [0, 0.05) is 10.4 Å². The number of hydrogen-bond donors (Lipinski definition) is 3. The molecule has 0 fully saturated rings. The first kappa shape index (κ1) is 23.5. The van der Waals surface area contributed by atoms with Crippen LogP contribution in [0.5, 0.6) is 0 Å². The van der Waals surface area contributed by atoms with Gasteiger partial charge in [-0.3, -0.25) is 9.59 Å². The van der Waals surface area contributed by atoms with Crippen molar-refractivity contribution in [1.82, 2.24) is 5.32 Å². The highest BCUT2D eigenvalue weighted by atomic mass is 32.1. The number of hydrogen-bond acceptors (Lipinski definition) is 6. The van der Waals surface area contributed by atoms with E-state index in [2.05, 4.69) is 4.74 Å². The van der Waals surface area contributed by atoms with E-state index in [1.165, 1.54) is 6.92 Å². The number of esters is 1. The molecule has 0 saturated heterocycles. The summed E-state index contributed by atoms with van der Waals surface area (Å²) in [6, 6.07) is 3.94. The largest absolute Gasteiger partial charge is 0.463 e. The van der Waals surface area contributed by atoms with E-state index in [-0.39, 0.29) is 10.6 Å². The summed E-state index contributed by atoms with van der Waals surface area (Å²) in [7, 11) is 0. The Kier molecular flexibility index (Phi) is 6.44. The lowest BCUT2D eigenvalue weighted by atomic mass is 10.1. The van der Waals surface area contributed by atoms with Gasteiger partial charge in [-0.2, -0.15) is 13.2 Å². The number of carbonyl (C=O) groups excluding carboxylic acids is 3. The fraction of sp³-hybridized carbons (Fsp3) is 0.350. The van der Waals surface area contributed by atoms with Crippen molar-refractivity contribution in [3.63, 3.8) is 0 Å². The summed E-state index contributed by atoms with van der Waals surface area (Å²) in [5.41, 5.74) is 1.55. The van der Waals surface area contributed by atoms with E-state index >= 15 is 0 Å². The van der Waals surface area contributed by atoms with Crippen molar-refractivity contribution in [2.45, 2.75) is 38.0 Å². The molecule has 1 aromatic heterocycles. The second-order valence-corrected chi connectivity index (χ2v) is 8.09. The molecule has 1 atom stereocenters. The summed E-state index contributed by atoms with van der Waals surface area (Å²) in [6.07, 6.45) is -3.72. The standard InChI is InChI=1S/C20H19F4N3O4S/c1-2-31-18(30)19(20(22,23)24,26-16(29)10-5-3-6-11(21)9-10)27-17-14(15(25)28)12-7-4-8-13(12)32-17/h3,5-6,9,27H,2,4,7-8H2,1H3,(H2,25,28)(H,26,29)/t19-/m1/s1. The van der Waals surface area contributed by atoms with E-state index in [1.807, 2.05) is 5.32 Å². The lowest BCUT2D eigenvalue weighted by Gasteiger charge is -2.35. The smallest absolute Gasteiger partial charge is 0.441 e. The van der Waals surface area contributed by atoms with Gasteiger partial charge < -0.3 is 21.1 Å². The molecule has 0 unspecified atom stereocenters. The number of rotatable bonds is 7. The maximum Gasteiger partial charge on any atom is 0.441 e. The van der Waals surface area contributed by atoms with Gasteiger partial charge >= 0.3 is 17.8 Å². The number of thiophene rings is 1. The minimum Gasteiger partial charge on any atom is -0.463 e. The number of fused-ring (bicyclic) bond motifs is 1. The molecular weight excluding hydrogens is 454 g/mol. The minimum absolute atomic E-state index is 0.166. The number of nitrogens with one attached hydrogen (secondary N) is 2. The Labute approximate surface area is 183 Å². The number of nitrogens with two attached hydrogens (primary N) is 1. The van der Waals surface area contributed by atoms with Gasteiger partial charge in [0.25, 0.3) is 11.8 Å². The van der Waals surface area contributed by atoms with E-state index in [0.717, 1.165) is 35.6 Å². The first-order chi connectivity index (χ1) is 15.0. The van der Waals surface area contributed by atoms with Crippen molar-refractivity contribution in [2.24, 2.45) is 5.73 Å². The lowest BCUT2D eigenvalue weighted by Crippen LogP contribution is -2.69. The van der Waals surface area contributed by atoms with Crippen LogP contribution in [0.2, 0.25) is 0 Å². The van der Waals surface area contributed by atoms with Crippen LogP contribution in [0.25, 0.3) is 0 Å². The van der Waals surface area contributed by atoms with E-state index in [9.17, 15) is 31.9 Å². The van der Waals surface area contributed by atoms with Gasteiger partial charge in [0.05, 0.1) is 12.2 Å². The molecular formula is C20H19F4N3O4S. The third-order valence-electron chi connectivity index (χ3n) is 4.86. The maximum atomic E-state index is 14.4. The molecule has 12 heteroatoms. The number of benzene rings is 1. The van der Waals surface area contributed by atoms with Crippen LogP contribution in [0, 0.1) is 5.82 Å². The Hall–Kier alpha value is -3.15. The van der Waals surface area contributed by atoms with Gasteiger partial charge in [-0.05, 0) is 49.9 Å². The molecule has 0 aliphatic heterocycles. The van der Waals surface area contributed by atoms with E-state index < -0.39 is 47.6 Å². The first-order valence-corrected chi connectivity index (χ1v) is 10.4. The number of amides is 2. The van der Waals surface area contributed by atoms with Crippen LogP contribution < -0.4 is 16.4 Å². The summed E-state index contributed by atoms with van der Waals surface area (Å²) in [4.78, 5) is 37.9. The number of alkyl halides is 3. The van der Waals surface area contributed by atoms with Crippen molar-refractivity contribution in [2.75, 3.05) is 11.9 Å². The highest BCUT2D eigenvalue weighted by Gasteiger charge is 2.64. The van der Waals surface area contributed by atoms with Crippen LogP contribution in [-0.4, -0.2) is 36.2 Å². The molecule has 1 heterocycles. The number of carbonyl (C=O) groups is 3. The highest BCUT2D eigenvalue weighted by Crippen LogP contribution is 2.42. The predicted octanol–water partition coefficient (Wildman–Crippen LogP) is 3.14. The van der Waals surface area contributed by atoms with Gasteiger partial charge in [-0.25, -0.2) is 9.18 Å². The Morgan fingerprint density at radius 1 is 1.22 bits per heavy atom. The molecule has 172 valence electrons. The SMILES string of the molecule is CCOC(=O)[C@@](NC(=O)c1cccc(F)c1)(Nc1sc2c(c1C(N)=O)CCC2)C(F)(F)F. The van der Waals surface area contributed by atoms with Crippen molar-refractivity contribution >= 4 is 34.1 Å². The van der Waals surface area contributed by atoms with Crippen LogP contribution in [-0.2, 0) is 22.4 Å². The van der Waals surface area contributed by atoms with Crippen LogP contribution >= 0.6 is 11.3 Å². The molecule has 0 spiro atoms. The van der Waals surface area contributed by atoms with Gasteiger partial charge in [-0.1, -0.05) is 6.07 Å². The third-order valence-corrected chi connectivity index (χ3v) is 6.07. The van der Waals surface area contributed by atoms with Gasteiger partial charge in [0.2, 0.25) is 0 Å². The maximum absolute atomic E-state index is 14.4. The number of aryl methyl sites for hydroxylation is 1. The Balaban J connectivity index is 2.11. The second-order valence-electron chi connectivity index (χ2n) is 6.98. The quantitative estimate of drug-likeness (QED) is 0.325. The molecule has 1 aliphatic carbocycles. The zero-order chi connectivity index (χ0) is 23.7. The molecule has 1 aromatic carbocycles. The molecule has 2 aromatic rings. The number of anilines is 1. The van der Waals surface area contributed by atoms with Crippen LogP contribution in [0.1, 0.15) is 44.5 Å². The number of primary amides is 1. The second kappa shape index (κ2) is 8.77. The van der Waals surface area contributed by atoms with Crippen LogP contribution in [0.15, 0.2) is 24.3 Å². The monoisotopic (exact) mass is 473 g/mol. The predicted molar refractivity (Wildman–Crippen MR) is 108 cm³/mol. The van der Waals surface area contributed by atoms with Gasteiger partial charge in [0.1, 0.15) is 10.8 Å². The molecule has 0 radical (unpaired) electrons. The van der Waals surface area contributed by atoms with Crippen LogP contribution in [0.4, 0.5) is 22.6 Å². The summed E-state index contributed by atoms with van der Waals surface area (Å²) in [6.45, 7) is 0.875. The molecule has 4 N–H and O–H groups in total. The summed E-state index contributed by atoms with van der Waals surface area (Å²) in [5, 5.41) is 3.31. The minimum atomic E-state index is -5.41. The molecule has 0 saturated carbocycles. The Morgan fingerprint density at radius 2 is 1.94 bits per heavy atom. The van der Waals surface area contributed by atoms with Crippen molar-refractivity contribution in [3.05, 3.63) is 51.7 Å². The topological polar surface area (TPSA) is 111 Å². The molecule has 7 nitrogen and oxygen atoms in total. The average molecular weight is 473 g/mol. The normalized spacial score (nSPS) is 14.9. The highest BCUT2D eigenvalue weighted by molar-refractivity contribution is 7.16. The zero-order valence-corrected chi connectivity index (χ0v) is 17.6. The van der Waals surface area contributed by atoms with E-state index in [4.69, 9.17) is 5.73 Å². The van der Waals surface area contributed by atoms with Crippen molar-refractivity contribution in [3.8, 4) is 0 Å². The molecule has 32 heavy (non-hydrogen) atoms. The zero-order valence-electron chi connectivity index (χ0n) is 16.8. The first-order valence-electron chi connectivity index (χ1n) is 9.54. The van der Waals surface area contributed by atoms with E-state index in [1.54, 1.807) is 5.32 Å². The number of ether oxygens (including phenoxy) is 1. The summed E-state index contributed by atoms with van der Waals surface area (Å²) < 4.78 is 61.2. The van der Waals surface area contributed by atoms with Crippen molar-refractivity contribution < 1.29 is 36.7 Å². The van der Waals surface area contributed by atoms with Crippen LogP contribution in [0.3, 0.4) is 0 Å². The summed E-state index contributed by atoms with van der Waals surface area (Å²) in [5.74, 6) is -5.05. The van der Waals surface area contributed by atoms with Gasteiger partial charge in [0.15, 0.2) is 0 Å². The number of halogens is 4. The molecule has 1 aliphatic rings. The van der Waals surface area contributed by atoms with Gasteiger partial charge in [-0.15, -0.1) is 11.3 Å². The fourth-order valence-electron chi connectivity index (χ4n) is 3.43. The Bertz CT molecular complexity index is 1070. The Morgan fingerprint density at radius 3 is 2.53 bits per heavy atom. The molecule has 2 amide bonds. The lowest BCUT2D eigenvalue weighted by molar-refractivity contribution is -0.204. The fourth-order valence-corrected chi connectivity index (χ4v) is 4.78. The average Bonchev–Trinajstić information content (AvgIpc) is 3.26. The molecule has 0 bridgehead atoms. The summed E-state index contributed by atoms with van der Waals surface area (Å²) >= 11 is 0.850. The third kappa shape index (κ3) is 4.27. The van der Waals surface area contributed by atoms with Crippen molar-refractivity contribution in [1.29, 1.82) is 0 Å². The molecule has 3 rings (SSSR count). The van der Waals surface area contributed by atoms with E-state index in [0.29, 0.717) is 29.7 Å².